The summed E-state index contributed by atoms with van der Waals surface area (Å²) in [5.74, 6) is 0.188. The van der Waals surface area contributed by atoms with Crippen molar-refractivity contribution in [1.82, 2.24) is 9.62 Å². The Labute approximate surface area is 178 Å². The fourth-order valence-electron chi connectivity index (χ4n) is 2.69. The normalized spacial score (nSPS) is 11.6. The third-order valence-corrected chi connectivity index (χ3v) is 6.63. The number of nitrogens with zero attached hydrogens (tertiary/aromatic N) is 1. The fourth-order valence-corrected chi connectivity index (χ4v) is 4.34. The summed E-state index contributed by atoms with van der Waals surface area (Å²) in [4.78, 5) is 12.6. The van der Waals surface area contributed by atoms with Gasteiger partial charge >= 0.3 is 0 Å². The third-order valence-electron chi connectivity index (χ3n) is 4.29. The van der Waals surface area contributed by atoms with E-state index < -0.39 is 15.9 Å². The Hall–Kier alpha value is -2.42. The van der Waals surface area contributed by atoms with E-state index in [1.54, 1.807) is 36.4 Å². The minimum atomic E-state index is -3.86. The molecule has 3 aromatic rings. The van der Waals surface area contributed by atoms with Crippen LogP contribution in [0.15, 0.2) is 80.7 Å². The molecule has 1 N–H and O–H groups in total. The lowest BCUT2D eigenvalue weighted by molar-refractivity contribution is -0.121. The van der Waals surface area contributed by atoms with E-state index in [2.05, 4.69) is 21.2 Å². The number of benzene rings is 2. The zero-order chi connectivity index (χ0) is 20.9. The number of carbonyl (C=O) groups excluding carboxylic acids is 1. The van der Waals surface area contributed by atoms with E-state index in [0.717, 1.165) is 15.6 Å². The molecule has 3 rings (SSSR count). The van der Waals surface area contributed by atoms with Gasteiger partial charge in [0.05, 0.1) is 24.2 Å². The molecule has 8 heteroatoms. The molecule has 2 aromatic carbocycles. The highest BCUT2D eigenvalue weighted by atomic mass is 79.9. The fraction of sp³-hybridized carbons (Fsp3) is 0.190. The molecule has 0 saturated heterocycles. The second kappa shape index (κ2) is 9.39. The Morgan fingerprint density at radius 3 is 2.38 bits per heavy atom. The van der Waals surface area contributed by atoms with E-state index in [9.17, 15) is 13.2 Å². The molecule has 0 aliphatic heterocycles. The first kappa shape index (κ1) is 21.3. The summed E-state index contributed by atoms with van der Waals surface area (Å²) in [6.45, 7) is 1.87. The summed E-state index contributed by atoms with van der Waals surface area (Å²) in [6, 6.07) is 17.4. The zero-order valence-corrected chi connectivity index (χ0v) is 18.2. The third kappa shape index (κ3) is 5.79. The van der Waals surface area contributed by atoms with Crippen LogP contribution in [0.4, 0.5) is 0 Å². The predicted molar refractivity (Wildman–Crippen MR) is 113 cm³/mol. The predicted octanol–water partition coefficient (Wildman–Crippen LogP) is 3.86. The molecule has 0 saturated carbocycles. The van der Waals surface area contributed by atoms with Crippen molar-refractivity contribution in [1.29, 1.82) is 0 Å². The molecule has 0 aliphatic carbocycles. The van der Waals surface area contributed by atoms with Crippen LogP contribution in [0.5, 0.6) is 0 Å². The lowest BCUT2D eigenvalue weighted by Crippen LogP contribution is -2.40. The number of aryl methyl sites for hydroxylation is 1. The van der Waals surface area contributed by atoms with Crippen LogP contribution < -0.4 is 5.32 Å². The van der Waals surface area contributed by atoms with Crippen molar-refractivity contribution in [3.63, 3.8) is 0 Å². The van der Waals surface area contributed by atoms with Crippen LogP contribution in [0.2, 0.25) is 0 Å². The van der Waals surface area contributed by atoms with Gasteiger partial charge in [-0.25, -0.2) is 8.42 Å². The van der Waals surface area contributed by atoms with Gasteiger partial charge in [0.25, 0.3) is 0 Å². The first-order chi connectivity index (χ1) is 13.8. The number of amides is 1. The van der Waals surface area contributed by atoms with Gasteiger partial charge in [0.2, 0.25) is 15.9 Å². The number of rotatable bonds is 8. The average Bonchev–Trinajstić information content (AvgIpc) is 3.21. The molecule has 0 atom stereocenters. The average molecular weight is 477 g/mol. The molecule has 152 valence electrons. The van der Waals surface area contributed by atoms with Crippen LogP contribution in [-0.2, 0) is 27.9 Å². The number of carbonyl (C=O) groups is 1. The standard InChI is InChI=1S/C21H21BrN2O4S/c1-16-4-10-20(11-5-16)29(26,27)24(14-17-6-8-18(22)9-7-17)15-21(25)23-13-19-3-2-12-28-19/h2-12H,13-15H2,1H3,(H,23,25). The molecule has 1 aromatic heterocycles. The Kier molecular flexibility index (Phi) is 6.89. The van der Waals surface area contributed by atoms with E-state index in [1.807, 2.05) is 31.2 Å². The second-order valence-corrected chi connectivity index (χ2v) is 9.42. The van der Waals surface area contributed by atoms with Crippen molar-refractivity contribution in [2.24, 2.45) is 0 Å². The molecule has 0 radical (unpaired) electrons. The number of furan rings is 1. The van der Waals surface area contributed by atoms with Crippen molar-refractivity contribution in [2.45, 2.75) is 24.9 Å². The molecule has 29 heavy (non-hydrogen) atoms. The molecule has 0 spiro atoms. The Bertz CT molecular complexity index is 1050. The Morgan fingerprint density at radius 2 is 1.76 bits per heavy atom. The van der Waals surface area contributed by atoms with Crippen LogP contribution in [0.25, 0.3) is 0 Å². The quantitative estimate of drug-likeness (QED) is 0.535. The van der Waals surface area contributed by atoms with Crippen LogP contribution in [0.1, 0.15) is 16.9 Å². The molecule has 0 fully saturated rings. The lowest BCUT2D eigenvalue weighted by atomic mass is 10.2. The van der Waals surface area contributed by atoms with Crippen molar-refractivity contribution in [2.75, 3.05) is 6.54 Å². The van der Waals surface area contributed by atoms with Crippen LogP contribution in [-0.4, -0.2) is 25.2 Å². The number of hydrogen-bond acceptors (Lipinski definition) is 4. The highest BCUT2D eigenvalue weighted by Crippen LogP contribution is 2.20. The Morgan fingerprint density at radius 1 is 1.07 bits per heavy atom. The zero-order valence-electron chi connectivity index (χ0n) is 15.8. The first-order valence-corrected chi connectivity index (χ1v) is 11.2. The maximum atomic E-state index is 13.2. The molecule has 1 heterocycles. The molecule has 1 amide bonds. The molecule has 0 aliphatic rings. The summed E-state index contributed by atoms with van der Waals surface area (Å²) in [7, 11) is -3.86. The molecular weight excluding hydrogens is 456 g/mol. The van der Waals surface area contributed by atoms with Gasteiger partial charge in [0.15, 0.2) is 0 Å². The highest BCUT2D eigenvalue weighted by molar-refractivity contribution is 9.10. The monoisotopic (exact) mass is 476 g/mol. The topological polar surface area (TPSA) is 79.6 Å². The van der Waals surface area contributed by atoms with Crippen LogP contribution >= 0.6 is 15.9 Å². The molecule has 0 bridgehead atoms. The number of halogens is 1. The van der Waals surface area contributed by atoms with Gasteiger partial charge in [-0.1, -0.05) is 45.8 Å². The van der Waals surface area contributed by atoms with Gasteiger partial charge in [0.1, 0.15) is 5.76 Å². The second-order valence-electron chi connectivity index (χ2n) is 6.57. The van der Waals surface area contributed by atoms with Crippen LogP contribution in [0.3, 0.4) is 0 Å². The van der Waals surface area contributed by atoms with Gasteiger partial charge < -0.3 is 9.73 Å². The molecular formula is C21H21BrN2O4S. The Balaban J connectivity index is 1.81. The maximum Gasteiger partial charge on any atom is 0.243 e. The summed E-state index contributed by atoms with van der Waals surface area (Å²) in [5, 5.41) is 2.70. The molecule has 6 nitrogen and oxygen atoms in total. The van der Waals surface area contributed by atoms with Gasteiger partial charge in [-0.15, -0.1) is 0 Å². The van der Waals surface area contributed by atoms with E-state index in [4.69, 9.17) is 4.42 Å². The lowest BCUT2D eigenvalue weighted by Gasteiger charge is -2.22. The number of sulfonamides is 1. The van der Waals surface area contributed by atoms with Gasteiger partial charge in [-0.2, -0.15) is 4.31 Å². The van der Waals surface area contributed by atoms with Crippen molar-refractivity contribution < 1.29 is 17.6 Å². The van der Waals surface area contributed by atoms with Crippen molar-refractivity contribution >= 4 is 31.9 Å². The van der Waals surface area contributed by atoms with E-state index in [1.165, 1.54) is 10.6 Å². The summed E-state index contributed by atoms with van der Waals surface area (Å²) < 4.78 is 33.7. The van der Waals surface area contributed by atoms with Gasteiger partial charge in [-0.05, 0) is 48.9 Å². The SMILES string of the molecule is Cc1ccc(S(=O)(=O)N(CC(=O)NCc2ccco2)Cc2ccc(Br)cc2)cc1. The van der Waals surface area contributed by atoms with E-state index >= 15 is 0 Å². The summed E-state index contributed by atoms with van der Waals surface area (Å²) >= 11 is 3.37. The minimum Gasteiger partial charge on any atom is -0.467 e. The van der Waals surface area contributed by atoms with Gasteiger partial charge in [-0.3, -0.25) is 4.79 Å². The van der Waals surface area contributed by atoms with Crippen molar-refractivity contribution in [3.05, 3.63) is 88.3 Å². The van der Waals surface area contributed by atoms with E-state index in [-0.39, 0.29) is 24.5 Å². The van der Waals surface area contributed by atoms with Crippen LogP contribution in [0, 0.1) is 6.92 Å². The largest absolute Gasteiger partial charge is 0.467 e. The smallest absolute Gasteiger partial charge is 0.243 e. The van der Waals surface area contributed by atoms with Gasteiger partial charge in [0, 0.05) is 11.0 Å². The van der Waals surface area contributed by atoms with E-state index in [0.29, 0.717) is 5.76 Å². The first-order valence-electron chi connectivity index (χ1n) is 8.95. The van der Waals surface area contributed by atoms with Crippen molar-refractivity contribution in [3.8, 4) is 0 Å². The number of nitrogens with one attached hydrogen (secondary N) is 1. The maximum absolute atomic E-state index is 13.2. The number of hydrogen-bond donors (Lipinski definition) is 1. The summed E-state index contributed by atoms with van der Waals surface area (Å²) in [6.07, 6.45) is 1.52. The minimum absolute atomic E-state index is 0.0810. The summed E-state index contributed by atoms with van der Waals surface area (Å²) in [5.41, 5.74) is 1.74. The highest BCUT2D eigenvalue weighted by Gasteiger charge is 2.27. The molecule has 0 unspecified atom stereocenters.